The Hall–Kier alpha value is -3.54. The standard InChI is InChI=1S/C29H28N4O/c1-18-15-23-13-14-24-19(2)25(20-7-5-4-6-8-20)26(31-27(24)33(23)32-18)21-9-11-22(12-10-21)29(30)16-28(3,34)17-29/h4-15,34H,16-17,30H2,1-3H3/t28-,29-. The van der Waals surface area contributed by atoms with E-state index in [0.29, 0.717) is 12.8 Å². The number of benzene rings is 2. The smallest absolute Gasteiger partial charge is 0.162 e. The summed E-state index contributed by atoms with van der Waals surface area (Å²) in [7, 11) is 0. The van der Waals surface area contributed by atoms with E-state index in [1.54, 1.807) is 0 Å². The van der Waals surface area contributed by atoms with Crippen molar-refractivity contribution in [2.75, 3.05) is 0 Å². The lowest BCUT2D eigenvalue weighted by Gasteiger charge is -2.49. The molecule has 1 aliphatic rings. The van der Waals surface area contributed by atoms with Crippen LogP contribution in [0.5, 0.6) is 0 Å². The summed E-state index contributed by atoms with van der Waals surface area (Å²) < 4.78 is 1.94. The average molecular weight is 449 g/mol. The molecule has 0 bridgehead atoms. The fraction of sp³-hybridized carbons (Fsp3) is 0.241. The Kier molecular flexibility index (Phi) is 4.47. The maximum Gasteiger partial charge on any atom is 0.162 e. The first kappa shape index (κ1) is 21.0. The van der Waals surface area contributed by atoms with Crippen LogP contribution in [0.1, 0.15) is 36.6 Å². The summed E-state index contributed by atoms with van der Waals surface area (Å²) in [4.78, 5) is 5.20. The minimum Gasteiger partial charge on any atom is -0.390 e. The molecule has 0 amide bonds. The van der Waals surface area contributed by atoms with Gasteiger partial charge in [0.1, 0.15) is 0 Å². The lowest BCUT2D eigenvalue weighted by molar-refractivity contribution is -0.0738. The molecule has 3 heterocycles. The third kappa shape index (κ3) is 3.23. The van der Waals surface area contributed by atoms with Gasteiger partial charge in [-0.2, -0.15) is 5.10 Å². The van der Waals surface area contributed by atoms with Gasteiger partial charge in [0.05, 0.1) is 22.5 Å². The third-order valence-electron chi connectivity index (χ3n) is 7.14. The second-order valence-corrected chi connectivity index (χ2v) is 10.1. The van der Waals surface area contributed by atoms with E-state index in [0.717, 1.165) is 50.2 Å². The van der Waals surface area contributed by atoms with Gasteiger partial charge in [0, 0.05) is 22.1 Å². The Balaban J connectivity index is 1.57. The lowest BCUT2D eigenvalue weighted by Crippen LogP contribution is -2.58. The van der Waals surface area contributed by atoms with Gasteiger partial charge in [-0.25, -0.2) is 9.50 Å². The van der Waals surface area contributed by atoms with Crippen molar-refractivity contribution < 1.29 is 5.11 Å². The van der Waals surface area contributed by atoms with Gasteiger partial charge in [0.2, 0.25) is 0 Å². The minimum atomic E-state index is -0.682. The topological polar surface area (TPSA) is 76.4 Å². The highest BCUT2D eigenvalue weighted by atomic mass is 16.3. The summed E-state index contributed by atoms with van der Waals surface area (Å²) in [6.45, 7) is 6.01. The van der Waals surface area contributed by atoms with Gasteiger partial charge in [-0.1, -0.05) is 54.6 Å². The zero-order valence-corrected chi connectivity index (χ0v) is 19.7. The van der Waals surface area contributed by atoms with Crippen LogP contribution in [0.15, 0.2) is 72.8 Å². The van der Waals surface area contributed by atoms with Crippen molar-refractivity contribution in [1.82, 2.24) is 14.6 Å². The second-order valence-electron chi connectivity index (χ2n) is 10.1. The first-order valence-corrected chi connectivity index (χ1v) is 11.7. The number of aryl methyl sites for hydroxylation is 2. The highest BCUT2D eigenvalue weighted by Gasteiger charge is 2.49. The number of nitrogens with two attached hydrogens (primary N) is 1. The fourth-order valence-corrected chi connectivity index (χ4v) is 5.68. The summed E-state index contributed by atoms with van der Waals surface area (Å²) >= 11 is 0. The van der Waals surface area contributed by atoms with Crippen LogP contribution in [0, 0.1) is 13.8 Å². The molecule has 5 heteroatoms. The van der Waals surface area contributed by atoms with Gasteiger partial charge in [-0.15, -0.1) is 0 Å². The van der Waals surface area contributed by atoms with E-state index in [9.17, 15) is 5.11 Å². The molecule has 0 radical (unpaired) electrons. The number of rotatable bonds is 3. The van der Waals surface area contributed by atoms with Crippen molar-refractivity contribution >= 4 is 16.6 Å². The van der Waals surface area contributed by atoms with Crippen LogP contribution in [-0.4, -0.2) is 25.3 Å². The normalized spacial score (nSPS) is 22.3. The molecule has 0 spiro atoms. The first-order chi connectivity index (χ1) is 16.2. The number of pyridine rings is 2. The maximum absolute atomic E-state index is 10.2. The monoisotopic (exact) mass is 448 g/mol. The molecule has 5 nitrogen and oxygen atoms in total. The van der Waals surface area contributed by atoms with Crippen LogP contribution < -0.4 is 5.73 Å². The molecular formula is C29H28N4O. The highest BCUT2D eigenvalue weighted by molar-refractivity contribution is 5.95. The zero-order chi connectivity index (χ0) is 23.7. The van der Waals surface area contributed by atoms with Gasteiger partial charge in [-0.05, 0) is 68.5 Å². The Morgan fingerprint density at radius 1 is 0.912 bits per heavy atom. The molecule has 1 fully saturated rings. The molecule has 3 N–H and O–H groups in total. The number of fused-ring (bicyclic) bond motifs is 3. The Morgan fingerprint density at radius 3 is 2.29 bits per heavy atom. The van der Waals surface area contributed by atoms with Crippen molar-refractivity contribution in [2.45, 2.75) is 44.8 Å². The van der Waals surface area contributed by atoms with Gasteiger partial charge >= 0.3 is 0 Å². The van der Waals surface area contributed by atoms with E-state index < -0.39 is 11.1 Å². The number of hydrogen-bond donors (Lipinski definition) is 2. The zero-order valence-electron chi connectivity index (χ0n) is 19.7. The molecule has 0 aliphatic heterocycles. The number of hydrogen-bond acceptors (Lipinski definition) is 4. The SMILES string of the molecule is Cc1cc2ccc3c(C)c(-c4ccccc4)c(-c4ccc([C@]5(N)C[C@](C)(O)C5)cc4)nc3n2n1. The van der Waals surface area contributed by atoms with E-state index in [1.165, 1.54) is 5.56 Å². The minimum absolute atomic E-state index is 0.476. The molecule has 1 aliphatic carbocycles. The summed E-state index contributed by atoms with van der Waals surface area (Å²) in [6.07, 6.45) is 1.14. The molecule has 0 unspecified atom stereocenters. The van der Waals surface area contributed by atoms with Crippen molar-refractivity contribution in [2.24, 2.45) is 5.73 Å². The van der Waals surface area contributed by atoms with E-state index in [-0.39, 0.29) is 0 Å². The molecule has 0 atom stereocenters. The fourth-order valence-electron chi connectivity index (χ4n) is 5.68. The molecule has 34 heavy (non-hydrogen) atoms. The molecule has 1 saturated carbocycles. The largest absolute Gasteiger partial charge is 0.390 e. The van der Waals surface area contributed by atoms with Crippen molar-refractivity contribution in [3.8, 4) is 22.4 Å². The number of aromatic nitrogens is 3. The Bertz CT molecular complexity index is 1540. The quantitative estimate of drug-likeness (QED) is 0.380. The Morgan fingerprint density at radius 2 is 1.62 bits per heavy atom. The highest BCUT2D eigenvalue weighted by Crippen LogP contribution is 2.46. The van der Waals surface area contributed by atoms with E-state index >= 15 is 0 Å². The van der Waals surface area contributed by atoms with E-state index in [4.69, 9.17) is 15.8 Å². The van der Waals surface area contributed by atoms with E-state index in [2.05, 4.69) is 73.7 Å². The van der Waals surface area contributed by atoms with Gasteiger partial charge in [-0.3, -0.25) is 0 Å². The molecule has 2 aromatic carbocycles. The van der Waals surface area contributed by atoms with Crippen LogP contribution in [0.3, 0.4) is 0 Å². The Labute approximate surface area is 198 Å². The van der Waals surface area contributed by atoms with Gasteiger partial charge < -0.3 is 10.8 Å². The predicted octanol–water partition coefficient (Wildman–Crippen LogP) is 5.53. The molecule has 6 rings (SSSR count). The van der Waals surface area contributed by atoms with E-state index in [1.807, 2.05) is 24.4 Å². The van der Waals surface area contributed by atoms with Crippen molar-refractivity contribution in [1.29, 1.82) is 0 Å². The summed E-state index contributed by atoms with van der Waals surface area (Å²) in [6, 6.07) is 25.1. The summed E-state index contributed by atoms with van der Waals surface area (Å²) in [5.74, 6) is 0. The molecule has 3 aromatic heterocycles. The first-order valence-electron chi connectivity index (χ1n) is 11.7. The van der Waals surface area contributed by atoms with Crippen LogP contribution in [0.25, 0.3) is 38.9 Å². The average Bonchev–Trinajstić information content (AvgIpc) is 3.19. The lowest BCUT2D eigenvalue weighted by atomic mass is 9.63. The van der Waals surface area contributed by atoms with Crippen molar-refractivity contribution in [3.63, 3.8) is 0 Å². The molecule has 5 aromatic rings. The molecule has 0 saturated heterocycles. The summed E-state index contributed by atoms with van der Waals surface area (Å²) in [5.41, 5.74) is 14.7. The number of nitrogens with zero attached hydrogens (tertiary/aromatic N) is 3. The van der Waals surface area contributed by atoms with Crippen molar-refractivity contribution in [3.05, 3.63) is 89.6 Å². The number of aliphatic hydroxyl groups is 1. The van der Waals surface area contributed by atoms with Gasteiger partial charge in [0.15, 0.2) is 5.65 Å². The van der Waals surface area contributed by atoms with Crippen LogP contribution in [0.2, 0.25) is 0 Å². The van der Waals surface area contributed by atoms with Crippen LogP contribution in [0.4, 0.5) is 0 Å². The molecular weight excluding hydrogens is 420 g/mol. The predicted molar refractivity (Wildman–Crippen MR) is 137 cm³/mol. The summed E-state index contributed by atoms with van der Waals surface area (Å²) in [5, 5.41) is 16.0. The third-order valence-corrected chi connectivity index (χ3v) is 7.14. The van der Waals surface area contributed by atoms with Crippen LogP contribution in [-0.2, 0) is 5.54 Å². The maximum atomic E-state index is 10.2. The second kappa shape index (κ2) is 7.23. The molecule has 170 valence electrons. The van der Waals surface area contributed by atoms with Gasteiger partial charge in [0.25, 0.3) is 0 Å². The van der Waals surface area contributed by atoms with Crippen LogP contribution >= 0.6 is 0 Å².